The van der Waals surface area contributed by atoms with Crippen LogP contribution in [-0.2, 0) is 9.59 Å². The first-order chi connectivity index (χ1) is 7.66. The third-order valence-corrected chi connectivity index (χ3v) is 3.97. The first-order valence-corrected chi connectivity index (χ1v) is 5.88. The molecule has 2 N–H and O–H groups in total. The molecule has 2 bridgehead atoms. The summed E-state index contributed by atoms with van der Waals surface area (Å²) in [5.74, 6) is -1.51. The van der Waals surface area contributed by atoms with Gasteiger partial charge in [-0.3, -0.25) is 9.59 Å². The van der Waals surface area contributed by atoms with Gasteiger partial charge in [-0.2, -0.15) is 0 Å². The highest BCUT2D eigenvalue weighted by atomic mass is 16.4. The highest BCUT2D eigenvalue weighted by molar-refractivity contribution is 5.87. The standard InChI is InChI=1S/C12H15NO3/c14-11(13-8-3-4-8)9-6-1-2-7(5-6)10(9)12(15)16/h1-2,6-10H,3-5H2,(H,13,14)(H,15,16)/t6-,7+,9+,10+/m1/s1. The second-order valence-corrected chi connectivity index (χ2v) is 5.12. The lowest BCUT2D eigenvalue weighted by Crippen LogP contribution is -2.40. The smallest absolute Gasteiger partial charge is 0.307 e. The van der Waals surface area contributed by atoms with E-state index in [4.69, 9.17) is 0 Å². The van der Waals surface area contributed by atoms with Crippen LogP contribution >= 0.6 is 0 Å². The zero-order chi connectivity index (χ0) is 11.3. The average molecular weight is 221 g/mol. The number of aliphatic carboxylic acids is 1. The summed E-state index contributed by atoms with van der Waals surface area (Å²) in [5.41, 5.74) is 0. The molecule has 3 rings (SSSR count). The normalized spacial score (nSPS) is 40.0. The number of hydrogen-bond donors (Lipinski definition) is 2. The summed E-state index contributed by atoms with van der Waals surface area (Å²) in [7, 11) is 0. The molecule has 2 saturated carbocycles. The summed E-state index contributed by atoms with van der Waals surface area (Å²) in [6.07, 6.45) is 6.89. The van der Waals surface area contributed by atoms with Gasteiger partial charge in [-0.05, 0) is 31.1 Å². The monoisotopic (exact) mass is 221 g/mol. The van der Waals surface area contributed by atoms with Gasteiger partial charge in [0.1, 0.15) is 0 Å². The Bertz CT molecular complexity index is 372. The number of carbonyl (C=O) groups excluding carboxylic acids is 1. The molecule has 1 amide bonds. The number of rotatable bonds is 3. The fourth-order valence-electron chi connectivity index (χ4n) is 3.04. The van der Waals surface area contributed by atoms with Crippen LogP contribution in [0.1, 0.15) is 19.3 Å². The van der Waals surface area contributed by atoms with E-state index in [-0.39, 0.29) is 23.7 Å². The zero-order valence-corrected chi connectivity index (χ0v) is 8.93. The van der Waals surface area contributed by atoms with Gasteiger partial charge in [0, 0.05) is 6.04 Å². The number of carbonyl (C=O) groups is 2. The molecule has 4 heteroatoms. The Morgan fingerprint density at radius 1 is 1.12 bits per heavy atom. The predicted molar refractivity (Wildman–Crippen MR) is 56.5 cm³/mol. The molecular formula is C12H15NO3. The number of fused-ring (bicyclic) bond motifs is 2. The van der Waals surface area contributed by atoms with E-state index >= 15 is 0 Å². The molecule has 4 atom stereocenters. The average Bonchev–Trinajstić information content (AvgIpc) is 2.81. The van der Waals surface area contributed by atoms with Gasteiger partial charge in [0.2, 0.25) is 5.91 Å². The van der Waals surface area contributed by atoms with E-state index < -0.39 is 11.9 Å². The van der Waals surface area contributed by atoms with Crippen LogP contribution in [0.4, 0.5) is 0 Å². The van der Waals surface area contributed by atoms with Gasteiger partial charge in [-0.15, -0.1) is 0 Å². The molecule has 0 aromatic rings. The third-order valence-electron chi connectivity index (χ3n) is 3.97. The molecule has 2 fully saturated rings. The summed E-state index contributed by atoms with van der Waals surface area (Å²) in [4.78, 5) is 23.2. The van der Waals surface area contributed by atoms with Crippen molar-refractivity contribution in [3.8, 4) is 0 Å². The van der Waals surface area contributed by atoms with Crippen molar-refractivity contribution in [3.63, 3.8) is 0 Å². The van der Waals surface area contributed by atoms with E-state index in [1.165, 1.54) is 0 Å². The molecule has 0 unspecified atom stereocenters. The molecule has 3 aliphatic carbocycles. The van der Waals surface area contributed by atoms with Crippen LogP contribution in [0.25, 0.3) is 0 Å². The van der Waals surface area contributed by atoms with Gasteiger partial charge in [-0.25, -0.2) is 0 Å². The third kappa shape index (κ3) is 1.44. The van der Waals surface area contributed by atoms with E-state index in [1.807, 2.05) is 12.2 Å². The van der Waals surface area contributed by atoms with Gasteiger partial charge in [0.15, 0.2) is 0 Å². The van der Waals surface area contributed by atoms with Gasteiger partial charge < -0.3 is 10.4 Å². The van der Waals surface area contributed by atoms with Gasteiger partial charge in [0.25, 0.3) is 0 Å². The molecule has 0 heterocycles. The molecule has 86 valence electrons. The fourth-order valence-corrected chi connectivity index (χ4v) is 3.04. The first-order valence-electron chi connectivity index (χ1n) is 5.88. The van der Waals surface area contributed by atoms with Gasteiger partial charge in [0.05, 0.1) is 11.8 Å². The minimum atomic E-state index is -0.826. The van der Waals surface area contributed by atoms with Gasteiger partial charge >= 0.3 is 5.97 Å². The lowest BCUT2D eigenvalue weighted by atomic mass is 9.82. The lowest BCUT2D eigenvalue weighted by molar-refractivity contribution is -0.147. The van der Waals surface area contributed by atoms with E-state index in [9.17, 15) is 14.7 Å². The van der Waals surface area contributed by atoms with Crippen LogP contribution in [0.2, 0.25) is 0 Å². The maximum Gasteiger partial charge on any atom is 0.307 e. The highest BCUT2D eigenvalue weighted by Crippen LogP contribution is 2.48. The number of carboxylic acids is 1. The number of amides is 1. The molecule has 4 nitrogen and oxygen atoms in total. The fraction of sp³-hybridized carbons (Fsp3) is 0.667. The Kier molecular flexibility index (Phi) is 2.06. The summed E-state index contributed by atoms with van der Waals surface area (Å²) >= 11 is 0. The molecule has 0 aromatic carbocycles. The maximum absolute atomic E-state index is 12.0. The van der Waals surface area contributed by atoms with E-state index in [0.717, 1.165) is 19.3 Å². The highest BCUT2D eigenvalue weighted by Gasteiger charge is 2.52. The number of hydrogen-bond acceptors (Lipinski definition) is 2. The quantitative estimate of drug-likeness (QED) is 0.692. The van der Waals surface area contributed by atoms with Crippen molar-refractivity contribution in [2.24, 2.45) is 23.7 Å². The molecule has 0 spiro atoms. The van der Waals surface area contributed by atoms with Crippen molar-refractivity contribution in [2.75, 3.05) is 0 Å². The maximum atomic E-state index is 12.0. The summed E-state index contributed by atoms with van der Waals surface area (Å²) < 4.78 is 0. The summed E-state index contributed by atoms with van der Waals surface area (Å²) in [5, 5.41) is 12.1. The molecule has 0 aliphatic heterocycles. The lowest BCUT2D eigenvalue weighted by Gasteiger charge is -2.23. The zero-order valence-electron chi connectivity index (χ0n) is 8.93. The first kappa shape index (κ1) is 9.87. The van der Waals surface area contributed by atoms with Crippen LogP contribution in [0.5, 0.6) is 0 Å². The van der Waals surface area contributed by atoms with Crippen LogP contribution in [0, 0.1) is 23.7 Å². The summed E-state index contributed by atoms with van der Waals surface area (Å²) in [6.45, 7) is 0. The molecule has 3 aliphatic rings. The summed E-state index contributed by atoms with van der Waals surface area (Å²) in [6, 6.07) is 0.310. The van der Waals surface area contributed by atoms with Crippen molar-refractivity contribution in [1.29, 1.82) is 0 Å². The van der Waals surface area contributed by atoms with Crippen LogP contribution in [0.3, 0.4) is 0 Å². The minimum Gasteiger partial charge on any atom is -0.481 e. The second kappa shape index (κ2) is 3.34. The molecule has 16 heavy (non-hydrogen) atoms. The SMILES string of the molecule is O=C(NC1CC1)[C@@H]1[C@@H](C(=O)O)[C@H]2C=C[C@@H]1C2. The van der Waals surface area contributed by atoms with Crippen LogP contribution in [-0.4, -0.2) is 23.0 Å². The van der Waals surface area contributed by atoms with Crippen LogP contribution in [0.15, 0.2) is 12.2 Å². The van der Waals surface area contributed by atoms with E-state index in [0.29, 0.717) is 6.04 Å². The largest absolute Gasteiger partial charge is 0.481 e. The van der Waals surface area contributed by atoms with E-state index in [1.54, 1.807) is 0 Å². The molecular weight excluding hydrogens is 206 g/mol. The Labute approximate surface area is 93.7 Å². The Hall–Kier alpha value is -1.32. The van der Waals surface area contributed by atoms with Crippen molar-refractivity contribution in [3.05, 3.63) is 12.2 Å². The Morgan fingerprint density at radius 2 is 1.75 bits per heavy atom. The van der Waals surface area contributed by atoms with Gasteiger partial charge in [-0.1, -0.05) is 12.2 Å². The van der Waals surface area contributed by atoms with Crippen LogP contribution < -0.4 is 5.32 Å². The van der Waals surface area contributed by atoms with Crippen molar-refractivity contribution < 1.29 is 14.7 Å². The van der Waals surface area contributed by atoms with Crippen molar-refractivity contribution in [2.45, 2.75) is 25.3 Å². The van der Waals surface area contributed by atoms with E-state index in [2.05, 4.69) is 5.32 Å². The molecule has 0 saturated heterocycles. The number of nitrogens with one attached hydrogen (secondary N) is 1. The molecule has 0 aromatic heterocycles. The number of allylic oxidation sites excluding steroid dienone is 2. The predicted octanol–water partition coefficient (Wildman–Crippen LogP) is 0.788. The topological polar surface area (TPSA) is 66.4 Å². The Balaban J connectivity index is 1.78. The number of carboxylic acid groups (broad SMARTS) is 1. The minimum absolute atomic E-state index is 0.0493. The molecule has 0 radical (unpaired) electrons. The second-order valence-electron chi connectivity index (χ2n) is 5.12. The van der Waals surface area contributed by atoms with Crippen molar-refractivity contribution in [1.82, 2.24) is 5.32 Å². The van der Waals surface area contributed by atoms with Crippen molar-refractivity contribution >= 4 is 11.9 Å². The Morgan fingerprint density at radius 3 is 2.31 bits per heavy atom.